The molecule has 1 unspecified atom stereocenters. The molecule has 32 heavy (non-hydrogen) atoms. The first-order chi connectivity index (χ1) is 15.5. The summed E-state index contributed by atoms with van der Waals surface area (Å²) in [5.74, 6) is -0.208. The smallest absolute Gasteiger partial charge is 0.254 e. The molecule has 1 saturated carbocycles. The minimum Gasteiger partial charge on any atom is -0.330 e. The Morgan fingerprint density at radius 3 is 2.53 bits per heavy atom. The Balaban J connectivity index is 1.42. The largest absolute Gasteiger partial charge is 0.330 e. The Kier molecular flexibility index (Phi) is 5.97. The Morgan fingerprint density at radius 2 is 1.81 bits per heavy atom. The van der Waals surface area contributed by atoms with Gasteiger partial charge in [-0.15, -0.1) is 11.3 Å². The standard InChI is InChI=1S/C25H22Cl2N2O2S/c26-20-9-6-17(14-21(20)27)25(31)29(18-7-8-18)15-23(30)28-12-10-22-19(11-13-32-22)24(28)16-4-2-1-3-5-16/h1-6,9,11,13-14,18,24H,7-8,10,12,15H2. The van der Waals surface area contributed by atoms with Crippen LogP contribution in [0.2, 0.25) is 10.0 Å². The van der Waals surface area contributed by atoms with Crippen molar-refractivity contribution in [1.29, 1.82) is 0 Å². The number of thiophene rings is 1. The molecule has 0 spiro atoms. The van der Waals surface area contributed by atoms with Crippen molar-refractivity contribution in [3.8, 4) is 0 Å². The SMILES string of the molecule is O=C(c1ccc(Cl)c(Cl)c1)N(CC(=O)N1CCc2sccc2C1c1ccccc1)C1CC1. The predicted octanol–water partition coefficient (Wildman–Crippen LogP) is 5.83. The van der Waals surface area contributed by atoms with Crippen LogP contribution in [0.15, 0.2) is 60.0 Å². The molecule has 5 rings (SSSR count). The number of halogens is 2. The van der Waals surface area contributed by atoms with Crippen molar-refractivity contribution in [1.82, 2.24) is 9.80 Å². The number of nitrogens with zero attached hydrogens (tertiary/aromatic N) is 2. The minimum atomic E-state index is -0.177. The fourth-order valence-corrected chi connectivity index (χ4v) is 5.57. The normalized spacial score (nSPS) is 17.7. The average Bonchev–Trinajstić information content (AvgIpc) is 3.54. The van der Waals surface area contributed by atoms with Crippen LogP contribution >= 0.6 is 34.5 Å². The second kappa shape index (κ2) is 8.89. The van der Waals surface area contributed by atoms with E-state index < -0.39 is 0 Å². The van der Waals surface area contributed by atoms with Gasteiger partial charge in [0.15, 0.2) is 0 Å². The van der Waals surface area contributed by atoms with Gasteiger partial charge >= 0.3 is 0 Å². The zero-order chi connectivity index (χ0) is 22.2. The first-order valence-corrected chi connectivity index (χ1v) is 12.3. The number of rotatable bonds is 5. The molecule has 1 aromatic heterocycles. The van der Waals surface area contributed by atoms with Gasteiger partial charge in [0.25, 0.3) is 5.91 Å². The molecule has 2 aromatic carbocycles. The maximum Gasteiger partial charge on any atom is 0.254 e. The summed E-state index contributed by atoms with van der Waals surface area (Å²) in [6.07, 6.45) is 2.67. The number of carbonyl (C=O) groups excluding carboxylic acids is 2. The van der Waals surface area contributed by atoms with Gasteiger partial charge < -0.3 is 9.80 Å². The topological polar surface area (TPSA) is 40.6 Å². The molecule has 0 radical (unpaired) electrons. The van der Waals surface area contributed by atoms with E-state index in [-0.39, 0.29) is 30.4 Å². The molecule has 4 nitrogen and oxygen atoms in total. The van der Waals surface area contributed by atoms with E-state index in [0.29, 0.717) is 22.2 Å². The molecule has 0 bridgehead atoms. The van der Waals surface area contributed by atoms with Crippen LogP contribution in [-0.4, -0.2) is 40.7 Å². The van der Waals surface area contributed by atoms with Crippen LogP contribution in [0.25, 0.3) is 0 Å². The van der Waals surface area contributed by atoms with Crippen molar-refractivity contribution in [2.24, 2.45) is 0 Å². The van der Waals surface area contributed by atoms with Gasteiger partial charge in [-0.05, 0) is 60.0 Å². The number of hydrogen-bond donors (Lipinski definition) is 0. The molecule has 0 N–H and O–H groups in total. The third-order valence-electron chi connectivity index (χ3n) is 6.12. The van der Waals surface area contributed by atoms with E-state index in [1.54, 1.807) is 34.4 Å². The Morgan fingerprint density at radius 1 is 1.03 bits per heavy atom. The van der Waals surface area contributed by atoms with Crippen LogP contribution in [0, 0.1) is 0 Å². The van der Waals surface area contributed by atoms with Gasteiger partial charge in [-0.3, -0.25) is 9.59 Å². The Hall–Kier alpha value is -2.34. The average molecular weight is 485 g/mol. The first kappa shape index (κ1) is 21.5. The lowest BCUT2D eigenvalue weighted by Crippen LogP contribution is -2.47. The van der Waals surface area contributed by atoms with Crippen LogP contribution in [0.1, 0.15) is 45.2 Å². The summed E-state index contributed by atoms with van der Waals surface area (Å²) < 4.78 is 0. The van der Waals surface area contributed by atoms with E-state index in [9.17, 15) is 9.59 Å². The number of carbonyl (C=O) groups is 2. The summed E-state index contributed by atoms with van der Waals surface area (Å²) in [4.78, 5) is 31.8. The van der Waals surface area contributed by atoms with Crippen LogP contribution < -0.4 is 0 Å². The second-order valence-electron chi connectivity index (χ2n) is 8.24. The number of benzene rings is 2. The van der Waals surface area contributed by atoms with Crippen molar-refractivity contribution < 1.29 is 9.59 Å². The summed E-state index contributed by atoms with van der Waals surface area (Å²) in [6, 6.07) is 17.1. The van der Waals surface area contributed by atoms with Gasteiger partial charge in [0, 0.05) is 23.0 Å². The van der Waals surface area contributed by atoms with E-state index in [1.165, 1.54) is 10.4 Å². The van der Waals surface area contributed by atoms with Gasteiger partial charge in [0.1, 0.15) is 6.54 Å². The molecule has 2 heterocycles. The zero-order valence-corrected chi connectivity index (χ0v) is 19.7. The monoisotopic (exact) mass is 484 g/mol. The van der Waals surface area contributed by atoms with Crippen LogP contribution in [-0.2, 0) is 11.2 Å². The lowest BCUT2D eigenvalue weighted by Gasteiger charge is -2.37. The molecule has 1 aliphatic carbocycles. The molecule has 2 aliphatic rings. The highest BCUT2D eigenvalue weighted by atomic mass is 35.5. The first-order valence-electron chi connectivity index (χ1n) is 10.7. The lowest BCUT2D eigenvalue weighted by atomic mass is 9.93. The van der Waals surface area contributed by atoms with Crippen molar-refractivity contribution in [3.05, 3.63) is 91.6 Å². The van der Waals surface area contributed by atoms with E-state index in [4.69, 9.17) is 23.2 Å². The van der Waals surface area contributed by atoms with Crippen molar-refractivity contribution >= 4 is 46.4 Å². The third kappa shape index (κ3) is 4.17. The molecule has 164 valence electrons. The number of hydrogen-bond acceptors (Lipinski definition) is 3. The van der Waals surface area contributed by atoms with Crippen molar-refractivity contribution in [3.63, 3.8) is 0 Å². The van der Waals surface area contributed by atoms with Crippen LogP contribution in [0.3, 0.4) is 0 Å². The zero-order valence-electron chi connectivity index (χ0n) is 17.3. The van der Waals surface area contributed by atoms with Gasteiger partial charge in [-0.1, -0.05) is 53.5 Å². The highest BCUT2D eigenvalue weighted by Crippen LogP contribution is 2.38. The van der Waals surface area contributed by atoms with Crippen LogP contribution in [0.4, 0.5) is 0 Å². The molecule has 0 saturated heterocycles. The maximum atomic E-state index is 13.6. The fourth-order valence-electron chi connectivity index (χ4n) is 4.36. The van der Waals surface area contributed by atoms with E-state index >= 15 is 0 Å². The third-order valence-corrected chi connectivity index (χ3v) is 7.86. The van der Waals surface area contributed by atoms with Crippen molar-refractivity contribution in [2.45, 2.75) is 31.3 Å². The molecule has 2 amide bonds. The predicted molar refractivity (Wildman–Crippen MR) is 129 cm³/mol. The van der Waals surface area contributed by atoms with Crippen molar-refractivity contribution in [2.75, 3.05) is 13.1 Å². The molecular formula is C25H22Cl2N2O2S. The van der Waals surface area contributed by atoms with E-state index in [2.05, 4.69) is 23.6 Å². The number of fused-ring (bicyclic) bond motifs is 1. The summed E-state index contributed by atoms with van der Waals surface area (Å²) in [5.41, 5.74) is 2.74. The molecule has 3 aromatic rings. The Bertz CT molecular complexity index is 1160. The van der Waals surface area contributed by atoms with E-state index in [1.807, 2.05) is 23.1 Å². The summed E-state index contributed by atoms with van der Waals surface area (Å²) in [5, 5.41) is 2.84. The lowest BCUT2D eigenvalue weighted by molar-refractivity contribution is -0.134. The number of amides is 2. The quantitative estimate of drug-likeness (QED) is 0.456. The van der Waals surface area contributed by atoms with Gasteiger partial charge in [0.05, 0.1) is 16.1 Å². The van der Waals surface area contributed by atoms with Gasteiger partial charge in [-0.2, -0.15) is 0 Å². The fraction of sp³-hybridized carbons (Fsp3) is 0.280. The highest BCUT2D eigenvalue weighted by molar-refractivity contribution is 7.10. The molecule has 1 aliphatic heterocycles. The minimum absolute atomic E-state index is 0.0315. The Labute approximate surface area is 201 Å². The van der Waals surface area contributed by atoms with Gasteiger partial charge in [0.2, 0.25) is 5.91 Å². The highest BCUT2D eigenvalue weighted by Gasteiger charge is 2.38. The molecular weight excluding hydrogens is 463 g/mol. The molecule has 1 fully saturated rings. The summed E-state index contributed by atoms with van der Waals surface area (Å²) >= 11 is 13.9. The summed E-state index contributed by atoms with van der Waals surface area (Å²) in [7, 11) is 0. The molecule has 1 atom stereocenters. The van der Waals surface area contributed by atoms with Crippen LogP contribution in [0.5, 0.6) is 0 Å². The van der Waals surface area contributed by atoms with E-state index in [0.717, 1.165) is 24.8 Å². The molecule has 7 heteroatoms. The second-order valence-corrected chi connectivity index (χ2v) is 10.1. The van der Waals surface area contributed by atoms with Gasteiger partial charge in [-0.25, -0.2) is 0 Å². The maximum absolute atomic E-state index is 13.6. The summed E-state index contributed by atoms with van der Waals surface area (Å²) in [6.45, 7) is 0.706.